The molecule has 1 aliphatic carbocycles. The lowest BCUT2D eigenvalue weighted by molar-refractivity contribution is -0.122. The van der Waals surface area contributed by atoms with Crippen molar-refractivity contribution in [3.8, 4) is 5.75 Å². The van der Waals surface area contributed by atoms with Gasteiger partial charge in [0, 0.05) is 11.8 Å². The first kappa shape index (κ1) is 16.7. The molecule has 1 saturated carbocycles. The van der Waals surface area contributed by atoms with E-state index in [2.05, 4.69) is 5.32 Å². The quantitative estimate of drug-likeness (QED) is 0.902. The van der Waals surface area contributed by atoms with Gasteiger partial charge in [-0.25, -0.2) is 4.39 Å². The average Bonchev–Trinajstić information content (AvgIpc) is 2.40. The minimum Gasteiger partial charge on any atom is -0.494 e. The maximum Gasteiger partial charge on any atom is 0.244 e. The third-order valence-corrected chi connectivity index (χ3v) is 3.61. The number of benzene rings is 1. The molecular formula is C14H20ClFN2O2. The lowest BCUT2D eigenvalue weighted by Gasteiger charge is -2.31. The molecule has 1 amide bonds. The Morgan fingerprint density at radius 3 is 2.55 bits per heavy atom. The van der Waals surface area contributed by atoms with Crippen LogP contribution in [-0.2, 0) is 4.79 Å². The third-order valence-electron chi connectivity index (χ3n) is 3.61. The van der Waals surface area contributed by atoms with Crippen molar-refractivity contribution < 1.29 is 13.9 Å². The van der Waals surface area contributed by atoms with Crippen LogP contribution in [0.5, 0.6) is 5.75 Å². The van der Waals surface area contributed by atoms with E-state index < -0.39 is 11.4 Å². The molecule has 3 N–H and O–H groups in total. The monoisotopic (exact) mass is 302 g/mol. The Balaban J connectivity index is 0.00000200. The maximum atomic E-state index is 13.5. The highest BCUT2D eigenvalue weighted by Gasteiger charge is 2.35. The van der Waals surface area contributed by atoms with Crippen molar-refractivity contribution in [3.63, 3.8) is 0 Å². The summed E-state index contributed by atoms with van der Waals surface area (Å²) in [6, 6.07) is 4.32. The summed E-state index contributed by atoms with van der Waals surface area (Å²) in [5.41, 5.74) is 5.69. The number of carbonyl (C=O) groups excluding carboxylic acids is 1. The molecular weight excluding hydrogens is 283 g/mol. The summed E-state index contributed by atoms with van der Waals surface area (Å²) in [6.07, 6.45) is 4.39. The summed E-state index contributed by atoms with van der Waals surface area (Å²) in [6.45, 7) is 0. The van der Waals surface area contributed by atoms with E-state index >= 15 is 0 Å². The van der Waals surface area contributed by atoms with Gasteiger partial charge in [-0.1, -0.05) is 19.3 Å². The zero-order chi connectivity index (χ0) is 13.9. The molecule has 0 radical (unpaired) electrons. The van der Waals surface area contributed by atoms with Crippen LogP contribution in [0.4, 0.5) is 10.1 Å². The molecule has 112 valence electrons. The fraction of sp³-hybridized carbons (Fsp3) is 0.500. The first-order valence-corrected chi connectivity index (χ1v) is 6.49. The number of nitrogens with one attached hydrogen (secondary N) is 1. The SMILES string of the molecule is COc1ccc(NC(=O)C2(N)CCCCC2)cc1F.Cl. The van der Waals surface area contributed by atoms with E-state index in [1.807, 2.05) is 0 Å². The molecule has 0 unspecified atom stereocenters. The molecule has 0 bridgehead atoms. The second-order valence-electron chi connectivity index (χ2n) is 5.02. The van der Waals surface area contributed by atoms with E-state index in [-0.39, 0.29) is 24.1 Å². The largest absolute Gasteiger partial charge is 0.494 e. The number of ether oxygens (including phenoxy) is 1. The first-order valence-electron chi connectivity index (χ1n) is 6.49. The fourth-order valence-corrected chi connectivity index (χ4v) is 2.41. The number of nitrogens with two attached hydrogens (primary N) is 1. The van der Waals surface area contributed by atoms with Crippen molar-refractivity contribution in [3.05, 3.63) is 24.0 Å². The van der Waals surface area contributed by atoms with Crippen molar-refractivity contribution in [2.75, 3.05) is 12.4 Å². The zero-order valence-corrected chi connectivity index (χ0v) is 12.3. The van der Waals surface area contributed by atoms with Crippen LogP contribution in [-0.4, -0.2) is 18.6 Å². The number of methoxy groups -OCH3 is 1. The molecule has 2 rings (SSSR count). The number of anilines is 1. The molecule has 0 spiro atoms. The van der Waals surface area contributed by atoms with Gasteiger partial charge in [-0.3, -0.25) is 4.79 Å². The normalized spacial score (nSPS) is 16.9. The van der Waals surface area contributed by atoms with Crippen LogP contribution < -0.4 is 15.8 Å². The number of hydrogen-bond donors (Lipinski definition) is 2. The molecule has 1 aliphatic rings. The molecule has 0 atom stereocenters. The van der Waals surface area contributed by atoms with Gasteiger partial charge >= 0.3 is 0 Å². The minimum atomic E-state index is -0.825. The molecule has 0 aromatic heterocycles. The van der Waals surface area contributed by atoms with Crippen molar-refractivity contribution in [1.29, 1.82) is 0 Å². The smallest absolute Gasteiger partial charge is 0.244 e. The van der Waals surface area contributed by atoms with E-state index in [0.717, 1.165) is 19.3 Å². The van der Waals surface area contributed by atoms with Crippen molar-refractivity contribution in [2.45, 2.75) is 37.6 Å². The molecule has 1 aromatic carbocycles. The average molecular weight is 303 g/mol. The van der Waals surface area contributed by atoms with Crippen LogP contribution in [0.3, 0.4) is 0 Å². The highest BCUT2D eigenvalue weighted by Crippen LogP contribution is 2.28. The van der Waals surface area contributed by atoms with Gasteiger partial charge < -0.3 is 15.8 Å². The van der Waals surface area contributed by atoms with Gasteiger partial charge in [-0.15, -0.1) is 12.4 Å². The summed E-state index contributed by atoms with van der Waals surface area (Å²) in [5, 5.41) is 2.68. The minimum absolute atomic E-state index is 0. The number of amides is 1. The van der Waals surface area contributed by atoms with Crippen LogP contribution in [0.1, 0.15) is 32.1 Å². The molecule has 20 heavy (non-hydrogen) atoms. The Bertz CT molecular complexity index is 476. The number of halogens is 2. The topological polar surface area (TPSA) is 64.3 Å². The van der Waals surface area contributed by atoms with Crippen LogP contribution >= 0.6 is 12.4 Å². The van der Waals surface area contributed by atoms with Gasteiger partial charge in [0.25, 0.3) is 0 Å². The molecule has 6 heteroatoms. The van der Waals surface area contributed by atoms with Gasteiger partial charge in [-0.05, 0) is 25.0 Å². The number of hydrogen-bond acceptors (Lipinski definition) is 3. The van der Waals surface area contributed by atoms with Gasteiger partial charge in [0.2, 0.25) is 5.91 Å². The Morgan fingerprint density at radius 2 is 2.00 bits per heavy atom. The predicted octanol–water partition coefficient (Wildman–Crippen LogP) is 2.86. The van der Waals surface area contributed by atoms with Crippen LogP contribution in [0.2, 0.25) is 0 Å². The lowest BCUT2D eigenvalue weighted by atomic mass is 9.82. The molecule has 4 nitrogen and oxygen atoms in total. The standard InChI is InChI=1S/C14H19FN2O2.ClH/c1-19-12-6-5-10(9-11(12)15)17-13(18)14(16)7-3-2-4-8-14;/h5-6,9H,2-4,7-8,16H2,1H3,(H,17,18);1H. The molecule has 1 aromatic rings. The summed E-state index contributed by atoms with van der Waals surface area (Å²) in [5.74, 6) is -0.593. The summed E-state index contributed by atoms with van der Waals surface area (Å²) in [4.78, 5) is 12.2. The van der Waals surface area contributed by atoms with Gasteiger partial charge in [0.1, 0.15) is 0 Å². The molecule has 0 aliphatic heterocycles. The van der Waals surface area contributed by atoms with Crippen molar-refractivity contribution in [2.24, 2.45) is 5.73 Å². The zero-order valence-electron chi connectivity index (χ0n) is 11.4. The number of rotatable bonds is 3. The Kier molecular flexibility index (Phi) is 5.77. The van der Waals surface area contributed by atoms with E-state index in [1.54, 1.807) is 6.07 Å². The van der Waals surface area contributed by atoms with Crippen molar-refractivity contribution in [1.82, 2.24) is 0 Å². The summed E-state index contributed by atoms with van der Waals surface area (Å²) >= 11 is 0. The second-order valence-corrected chi connectivity index (χ2v) is 5.02. The second kappa shape index (κ2) is 6.90. The van der Waals surface area contributed by atoms with E-state index in [4.69, 9.17) is 10.5 Å². The first-order chi connectivity index (χ1) is 9.05. The third kappa shape index (κ3) is 3.61. The fourth-order valence-electron chi connectivity index (χ4n) is 2.41. The Hall–Kier alpha value is -1.33. The summed E-state index contributed by atoms with van der Waals surface area (Å²) in [7, 11) is 1.40. The van der Waals surface area contributed by atoms with Crippen molar-refractivity contribution >= 4 is 24.0 Å². The molecule has 1 fully saturated rings. The van der Waals surface area contributed by atoms with E-state index in [0.29, 0.717) is 18.5 Å². The molecule has 0 saturated heterocycles. The number of carbonyl (C=O) groups is 1. The van der Waals surface area contributed by atoms with Crippen LogP contribution in [0.15, 0.2) is 18.2 Å². The van der Waals surface area contributed by atoms with Gasteiger partial charge in [0.05, 0.1) is 12.6 Å². The van der Waals surface area contributed by atoms with E-state index in [1.165, 1.54) is 19.2 Å². The lowest BCUT2D eigenvalue weighted by Crippen LogP contribution is -2.52. The highest BCUT2D eigenvalue weighted by molar-refractivity contribution is 5.98. The van der Waals surface area contributed by atoms with Gasteiger partial charge in [0.15, 0.2) is 11.6 Å². The Labute approximate surface area is 124 Å². The van der Waals surface area contributed by atoms with Gasteiger partial charge in [-0.2, -0.15) is 0 Å². The highest BCUT2D eigenvalue weighted by atomic mass is 35.5. The Morgan fingerprint density at radius 1 is 1.35 bits per heavy atom. The van der Waals surface area contributed by atoms with E-state index in [9.17, 15) is 9.18 Å². The molecule has 0 heterocycles. The summed E-state index contributed by atoms with van der Waals surface area (Å²) < 4.78 is 18.4. The van der Waals surface area contributed by atoms with Crippen LogP contribution in [0, 0.1) is 5.82 Å². The predicted molar refractivity (Wildman–Crippen MR) is 78.8 cm³/mol. The van der Waals surface area contributed by atoms with Crippen LogP contribution in [0.25, 0.3) is 0 Å². The maximum absolute atomic E-state index is 13.5.